The van der Waals surface area contributed by atoms with Crippen molar-refractivity contribution in [3.63, 3.8) is 0 Å². The number of rotatable bonds is 6. The highest BCUT2D eigenvalue weighted by Crippen LogP contribution is 2.34. The zero-order valence-corrected chi connectivity index (χ0v) is 11.7. The summed E-state index contributed by atoms with van der Waals surface area (Å²) in [6.07, 6.45) is 9.06. The van der Waals surface area contributed by atoms with Gasteiger partial charge in [-0.15, -0.1) is 0 Å². The number of methoxy groups -OCH3 is 1. The highest BCUT2D eigenvalue weighted by Gasteiger charge is 2.36. The van der Waals surface area contributed by atoms with Gasteiger partial charge in [0.05, 0.1) is 17.5 Å². The molecule has 1 aliphatic carbocycles. The van der Waals surface area contributed by atoms with Gasteiger partial charge in [-0.1, -0.05) is 0 Å². The molecular weight excluding hydrogens is 252 g/mol. The first-order valence-electron chi connectivity index (χ1n) is 7.01. The third-order valence-corrected chi connectivity index (χ3v) is 4.13. The van der Waals surface area contributed by atoms with Crippen LogP contribution in [0.2, 0.25) is 0 Å². The Labute approximate surface area is 118 Å². The SMILES string of the molecule is COC1(CNCc2cn[nH]c2-c2cccnc2)CCC1. The third-order valence-electron chi connectivity index (χ3n) is 4.13. The fourth-order valence-electron chi connectivity index (χ4n) is 2.65. The first kappa shape index (κ1) is 13.3. The van der Waals surface area contributed by atoms with Gasteiger partial charge in [-0.25, -0.2) is 0 Å². The molecule has 0 aromatic carbocycles. The number of nitrogens with one attached hydrogen (secondary N) is 2. The zero-order chi connectivity index (χ0) is 13.8. The van der Waals surface area contributed by atoms with E-state index >= 15 is 0 Å². The lowest BCUT2D eigenvalue weighted by Gasteiger charge is -2.40. The predicted molar refractivity (Wildman–Crippen MR) is 77.1 cm³/mol. The lowest BCUT2D eigenvalue weighted by molar-refractivity contribution is -0.0695. The molecule has 0 saturated heterocycles. The molecule has 0 aliphatic heterocycles. The second-order valence-electron chi connectivity index (χ2n) is 5.36. The second kappa shape index (κ2) is 5.73. The van der Waals surface area contributed by atoms with Gasteiger partial charge in [0.15, 0.2) is 0 Å². The molecule has 0 amide bonds. The highest BCUT2D eigenvalue weighted by molar-refractivity contribution is 5.61. The molecule has 0 bridgehead atoms. The summed E-state index contributed by atoms with van der Waals surface area (Å²) >= 11 is 0. The molecule has 106 valence electrons. The molecule has 1 saturated carbocycles. The fraction of sp³-hybridized carbons (Fsp3) is 0.467. The van der Waals surface area contributed by atoms with Gasteiger partial charge in [-0.2, -0.15) is 5.10 Å². The molecule has 2 aromatic rings. The van der Waals surface area contributed by atoms with Crippen LogP contribution in [-0.4, -0.2) is 34.4 Å². The van der Waals surface area contributed by atoms with Gasteiger partial charge >= 0.3 is 0 Å². The highest BCUT2D eigenvalue weighted by atomic mass is 16.5. The molecule has 0 radical (unpaired) electrons. The minimum Gasteiger partial charge on any atom is -0.377 e. The van der Waals surface area contributed by atoms with E-state index in [1.807, 2.05) is 24.5 Å². The number of H-pyrrole nitrogens is 1. The molecule has 3 rings (SSSR count). The Bertz CT molecular complexity index is 543. The number of ether oxygens (including phenoxy) is 1. The van der Waals surface area contributed by atoms with Gasteiger partial charge in [-0.3, -0.25) is 10.1 Å². The van der Waals surface area contributed by atoms with Crippen molar-refractivity contribution in [1.82, 2.24) is 20.5 Å². The minimum atomic E-state index is 0.0538. The molecule has 1 aliphatic rings. The molecule has 0 atom stereocenters. The van der Waals surface area contributed by atoms with Crippen LogP contribution in [0.4, 0.5) is 0 Å². The molecule has 2 aromatic heterocycles. The van der Waals surface area contributed by atoms with Crippen molar-refractivity contribution in [1.29, 1.82) is 0 Å². The van der Waals surface area contributed by atoms with Crippen molar-refractivity contribution in [2.45, 2.75) is 31.4 Å². The molecule has 1 fully saturated rings. The largest absolute Gasteiger partial charge is 0.377 e. The average molecular weight is 272 g/mol. The van der Waals surface area contributed by atoms with E-state index in [0.717, 1.165) is 42.8 Å². The number of nitrogens with zero attached hydrogens (tertiary/aromatic N) is 2. The maximum Gasteiger partial charge on any atom is 0.0802 e. The summed E-state index contributed by atoms with van der Waals surface area (Å²) in [6.45, 7) is 1.67. The Morgan fingerprint density at radius 2 is 2.30 bits per heavy atom. The summed E-state index contributed by atoms with van der Waals surface area (Å²) in [5, 5.41) is 10.7. The van der Waals surface area contributed by atoms with Gasteiger partial charge in [0.2, 0.25) is 0 Å². The van der Waals surface area contributed by atoms with Crippen molar-refractivity contribution in [2.24, 2.45) is 0 Å². The van der Waals surface area contributed by atoms with Crippen LogP contribution < -0.4 is 5.32 Å². The molecule has 2 heterocycles. The van der Waals surface area contributed by atoms with Gasteiger partial charge in [0.25, 0.3) is 0 Å². The van der Waals surface area contributed by atoms with E-state index in [4.69, 9.17) is 4.74 Å². The Hall–Kier alpha value is -1.72. The lowest BCUT2D eigenvalue weighted by atomic mass is 9.80. The van der Waals surface area contributed by atoms with Crippen LogP contribution in [0, 0.1) is 0 Å². The normalized spacial score (nSPS) is 16.9. The number of aromatic nitrogens is 3. The number of hydrogen-bond acceptors (Lipinski definition) is 4. The summed E-state index contributed by atoms with van der Waals surface area (Å²) in [4.78, 5) is 4.15. The van der Waals surface area contributed by atoms with Gasteiger partial charge in [0.1, 0.15) is 0 Å². The molecule has 5 nitrogen and oxygen atoms in total. The first-order valence-corrected chi connectivity index (χ1v) is 7.01. The zero-order valence-electron chi connectivity index (χ0n) is 11.7. The molecule has 0 unspecified atom stereocenters. The van der Waals surface area contributed by atoms with Crippen LogP contribution in [0.25, 0.3) is 11.3 Å². The number of hydrogen-bond donors (Lipinski definition) is 2. The Morgan fingerprint density at radius 3 is 2.95 bits per heavy atom. The van der Waals surface area contributed by atoms with Crippen molar-refractivity contribution in [2.75, 3.05) is 13.7 Å². The Kier molecular flexibility index (Phi) is 3.80. The van der Waals surface area contributed by atoms with Gasteiger partial charge < -0.3 is 10.1 Å². The topological polar surface area (TPSA) is 62.8 Å². The third kappa shape index (κ3) is 2.59. The Morgan fingerprint density at radius 1 is 1.40 bits per heavy atom. The van der Waals surface area contributed by atoms with Crippen LogP contribution in [0.1, 0.15) is 24.8 Å². The van der Waals surface area contributed by atoms with E-state index in [1.165, 1.54) is 6.42 Å². The summed E-state index contributed by atoms with van der Waals surface area (Å²) in [5.41, 5.74) is 3.30. The molecule has 20 heavy (non-hydrogen) atoms. The monoisotopic (exact) mass is 272 g/mol. The first-order chi connectivity index (χ1) is 9.83. The maximum atomic E-state index is 5.61. The van der Waals surface area contributed by atoms with Crippen molar-refractivity contribution in [3.8, 4) is 11.3 Å². The molecule has 2 N–H and O–H groups in total. The Balaban J connectivity index is 1.63. The lowest BCUT2D eigenvalue weighted by Crippen LogP contribution is -2.47. The van der Waals surface area contributed by atoms with E-state index in [2.05, 4.69) is 20.5 Å². The summed E-state index contributed by atoms with van der Waals surface area (Å²) in [7, 11) is 1.81. The average Bonchev–Trinajstić information content (AvgIpc) is 2.91. The summed E-state index contributed by atoms with van der Waals surface area (Å²) < 4.78 is 5.61. The van der Waals surface area contributed by atoms with Crippen LogP contribution in [-0.2, 0) is 11.3 Å². The van der Waals surface area contributed by atoms with E-state index in [0.29, 0.717) is 0 Å². The van der Waals surface area contributed by atoms with E-state index < -0.39 is 0 Å². The molecule has 0 spiro atoms. The van der Waals surface area contributed by atoms with Gasteiger partial charge in [-0.05, 0) is 31.4 Å². The van der Waals surface area contributed by atoms with Crippen molar-refractivity contribution in [3.05, 3.63) is 36.3 Å². The number of pyridine rings is 1. The van der Waals surface area contributed by atoms with E-state index in [9.17, 15) is 0 Å². The van der Waals surface area contributed by atoms with Crippen LogP contribution in [0.3, 0.4) is 0 Å². The van der Waals surface area contributed by atoms with Crippen molar-refractivity contribution < 1.29 is 4.74 Å². The smallest absolute Gasteiger partial charge is 0.0802 e. The van der Waals surface area contributed by atoms with E-state index in [-0.39, 0.29) is 5.60 Å². The molecular formula is C15H20N4O. The minimum absolute atomic E-state index is 0.0538. The maximum absolute atomic E-state index is 5.61. The summed E-state index contributed by atoms with van der Waals surface area (Å²) in [6, 6.07) is 3.97. The van der Waals surface area contributed by atoms with Crippen LogP contribution in [0.15, 0.2) is 30.7 Å². The van der Waals surface area contributed by atoms with Crippen LogP contribution >= 0.6 is 0 Å². The fourth-order valence-corrected chi connectivity index (χ4v) is 2.65. The van der Waals surface area contributed by atoms with Crippen molar-refractivity contribution >= 4 is 0 Å². The van der Waals surface area contributed by atoms with Crippen LogP contribution in [0.5, 0.6) is 0 Å². The standard InChI is InChI=1S/C15H20N4O/c1-20-15(5-3-6-15)11-17-9-13-10-18-19-14(13)12-4-2-7-16-8-12/h2,4,7-8,10,17H,3,5-6,9,11H2,1H3,(H,18,19). The number of aromatic amines is 1. The summed E-state index contributed by atoms with van der Waals surface area (Å²) in [5.74, 6) is 0. The van der Waals surface area contributed by atoms with E-state index in [1.54, 1.807) is 13.3 Å². The predicted octanol–water partition coefficient (Wildman–Crippen LogP) is 2.13. The second-order valence-corrected chi connectivity index (χ2v) is 5.36. The van der Waals surface area contributed by atoms with Gasteiger partial charge in [0, 0.05) is 43.7 Å². The molecule has 5 heteroatoms. The quantitative estimate of drug-likeness (QED) is 0.845.